The molecular weight excluding hydrogens is 456 g/mol. The van der Waals surface area contributed by atoms with E-state index in [1.54, 1.807) is 6.07 Å². The van der Waals surface area contributed by atoms with Crippen LogP contribution in [0.3, 0.4) is 0 Å². The van der Waals surface area contributed by atoms with Gasteiger partial charge in [-0.05, 0) is 47.7 Å². The molecule has 0 saturated carbocycles. The number of nitrogens with zero attached hydrogens (tertiary/aromatic N) is 1. The van der Waals surface area contributed by atoms with Crippen molar-refractivity contribution >= 4 is 5.78 Å². The summed E-state index contributed by atoms with van der Waals surface area (Å²) < 4.78 is 59.8. The highest BCUT2D eigenvalue weighted by molar-refractivity contribution is 5.94. The van der Waals surface area contributed by atoms with Gasteiger partial charge >= 0.3 is 6.36 Å². The number of alkyl halides is 3. The number of rotatable bonds is 9. The van der Waals surface area contributed by atoms with Crippen molar-refractivity contribution in [3.05, 3.63) is 87.3 Å². The molecule has 0 aliphatic rings. The van der Waals surface area contributed by atoms with Crippen molar-refractivity contribution in [1.82, 2.24) is 9.97 Å². The summed E-state index contributed by atoms with van der Waals surface area (Å²) in [6, 6.07) is 10.7. The molecule has 0 amide bonds. The van der Waals surface area contributed by atoms with E-state index in [0.29, 0.717) is 17.5 Å². The predicted molar refractivity (Wildman–Crippen MR) is 116 cm³/mol. The largest absolute Gasteiger partial charge is 0.573 e. The Morgan fingerprint density at radius 1 is 1.12 bits per heavy atom. The molecule has 3 rings (SSSR count). The minimum absolute atomic E-state index is 0.00301. The van der Waals surface area contributed by atoms with Crippen LogP contribution in [-0.2, 0) is 6.42 Å². The molecule has 0 spiro atoms. The second-order valence-electron chi connectivity index (χ2n) is 7.57. The van der Waals surface area contributed by atoms with Crippen molar-refractivity contribution in [3.63, 3.8) is 0 Å². The van der Waals surface area contributed by atoms with Crippen LogP contribution in [0.25, 0.3) is 0 Å². The van der Waals surface area contributed by atoms with E-state index in [1.165, 1.54) is 43.5 Å². The third-order valence-electron chi connectivity index (χ3n) is 5.17. The van der Waals surface area contributed by atoms with Crippen LogP contribution in [0.1, 0.15) is 53.1 Å². The molecule has 34 heavy (non-hydrogen) atoms. The molecule has 1 atom stereocenters. The first-order valence-corrected chi connectivity index (χ1v) is 10.4. The highest BCUT2D eigenvalue weighted by Gasteiger charge is 2.31. The molecule has 2 aromatic carbocycles. The van der Waals surface area contributed by atoms with Crippen LogP contribution in [0.5, 0.6) is 11.5 Å². The molecule has 10 heteroatoms. The lowest BCUT2D eigenvalue weighted by molar-refractivity contribution is -0.274. The molecule has 0 aliphatic heterocycles. The third-order valence-corrected chi connectivity index (χ3v) is 5.17. The summed E-state index contributed by atoms with van der Waals surface area (Å²) in [5.41, 5.74) is 0.620. The van der Waals surface area contributed by atoms with Gasteiger partial charge in [-0.15, -0.1) is 13.2 Å². The van der Waals surface area contributed by atoms with E-state index in [9.17, 15) is 27.2 Å². The smallest absolute Gasteiger partial charge is 0.494 e. The zero-order valence-electron chi connectivity index (χ0n) is 18.4. The summed E-state index contributed by atoms with van der Waals surface area (Å²) in [6.07, 6.45) is -4.16. The number of H-pyrrole nitrogens is 1. The number of aromatic amines is 1. The van der Waals surface area contributed by atoms with Crippen LogP contribution in [0.15, 0.2) is 53.3 Å². The van der Waals surface area contributed by atoms with Gasteiger partial charge in [0.15, 0.2) is 17.3 Å². The van der Waals surface area contributed by atoms with Crippen molar-refractivity contribution in [1.29, 1.82) is 0 Å². The Labute approximate surface area is 192 Å². The summed E-state index contributed by atoms with van der Waals surface area (Å²) in [6.45, 7) is 1.84. The molecule has 0 saturated heterocycles. The van der Waals surface area contributed by atoms with E-state index in [0.717, 1.165) is 6.07 Å². The summed E-state index contributed by atoms with van der Waals surface area (Å²) in [7, 11) is 1.35. The quantitative estimate of drug-likeness (QED) is 0.339. The molecular formula is C24H22F4N2O4. The van der Waals surface area contributed by atoms with Gasteiger partial charge in [-0.1, -0.05) is 25.1 Å². The molecule has 1 aromatic heterocycles. The molecule has 0 unspecified atom stereocenters. The minimum Gasteiger partial charge on any atom is -0.494 e. The number of carbonyl (C=O) groups excluding carboxylic acids is 1. The van der Waals surface area contributed by atoms with Gasteiger partial charge in [-0.2, -0.15) is 0 Å². The van der Waals surface area contributed by atoms with Crippen LogP contribution in [-0.4, -0.2) is 29.2 Å². The van der Waals surface area contributed by atoms with Crippen molar-refractivity contribution in [2.75, 3.05) is 7.11 Å². The van der Waals surface area contributed by atoms with Gasteiger partial charge in [0.05, 0.1) is 7.11 Å². The second-order valence-corrected chi connectivity index (χ2v) is 7.57. The van der Waals surface area contributed by atoms with Crippen LogP contribution in [0.2, 0.25) is 0 Å². The molecule has 3 aromatic rings. The number of aromatic nitrogens is 2. The Hall–Kier alpha value is -3.69. The van der Waals surface area contributed by atoms with E-state index >= 15 is 0 Å². The van der Waals surface area contributed by atoms with Gasteiger partial charge in [0.2, 0.25) is 0 Å². The maximum Gasteiger partial charge on any atom is 0.573 e. The number of nitrogens with one attached hydrogen (secondary N) is 1. The summed E-state index contributed by atoms with van der Waals surface area (Å²) in [5, 5.41) is 0. The number of benzene rings is 2. The molecule has 1 heterocycles. The SMILES string of the molecule is CC[C@@H](CC(=O)c1cc(=O)[nH]c(Cc2ccc(OC)c(F)c2)n1)c1ccc(OC(F)(F)F)cc1. The number of carbonyl (C=O) groups is 1. The van der Waals surface area contributed by atoms with Crippen LogP contribution in [0, 0.1) is 5.82 Å². The first kappa shape index (κ1) is 24.9. The summed E-state index contributed by atoms with van der Waals surface area (Å²) in [4.78, 5) is 31.8. The number of ketones is 1. The zero-order valence-corrected chi connectivity index (χ0v) is 18.4. The van der Waals surface area contributed by atoms with E-state index in [-0.39, 0.29) is 41.8 Å². The normalized spacial score (nSPS) is 12.3. The number of hydrogen-bond acceptors (Lipinski definition) is 5. The molecule has 1 N–H and O–H groups in total. The maximum absolute atomic E-state index is 14.0. The number of halogens is 4. The zero-order chi connectivity index (χ0) is 24.9. The monoisotopic (exact) mass is 478 g/mol. The highest BCUT2D eigenvalue weighted by Crippen LogP contribution is 2.29. The molecule has 0 fully saturated rings. The lowest BCUT2D eigenvalue weighted by Crippen LogP contribution is -2.18. The Kier molecular flexibility index (Phi) is 7.70. The summed E-state index contributed by atoms with van der Waals surface area (Å²) >= 11 is 0. The van der Waals surface area contributed by atoms with Gasteiger partial charge in [-0.25, -0.2) is 9.37 Å². The Bertz CT molecular complexity index is 1210. The summed E-state index contributed by atoms with van der Waals surface area (Å²) in [5.74, 6) is -1.33. The highest BCUT2D eigenvalue weighted by atomic mass is 19.4. The first-order valence-electron chi connectivity index (χ1n) is 10.4. The molecule has 180 valence electrons. The standard InChI is InChI=1S/C24H22F4N2O4/c1-3-15(16-5-7-17(8-6-16)34-24(26,27)28)12-20(31)19-13-23(32)30-22(29-19)11-14-4-9-21(33-2)18(25)10-14/h4-10,13,15H,3,11-12H2,1-2H3,(H,29,30,32)/t15-/m0/s1. The molecule has 0 bridgehead atoms. The first-order chi connectivity index (χ1) is 16.1. The number of hydrogen-bond donors (Lipinski definition) is 1. The lowest BCUT2D eigenvalue weighted by Gasteiger charge is -2.16. The van der Waals surface area contributed by atoms with Crippen molar-refractivity contribution in [2.45, 2.75) is 38.5 Å². The number of Topliss-reactive ketones (excluding diaryl/α,β-unsaturated/α-hetero) is 1. The fraction of sp³-hybridized carbons (Fsp3) is 0.292. The van der Waals surface area contributed by atoms with Crippen molar-refractivity contribution < 1.29 is 31.8 Å². The Morgan fingerprint density at radius 2 is 1.82 bits per heavy atom. The molecule has 6 nitrogen and oxygen atoms in total. The second kappa shape index (κ2) is 10.5. The van der Waals surface area contributed by atoms with Crippen molar-refractivity contribution in [2.24, 2.45) is 0 Å². The number of ether oxygens (including phenoxy) is 2. The maximum atomic E-state index is 14.0. The topological polar surface area (TPSA) is 81.3 Å². The van der Waals surface area contributed by atoms with Gasteiger partial charge in [0.25, 0.3) is 5.56 Å². The Balaban J connectivity index is 1.75. The van der Waals surface area contributed by atoms with Crippen LogP contribution < -0.4 is 15.0 Å². The van der Waals surface area contributed by atoms with Crippen LogP contribution >= 0.6 is 0 Å². The fourth-order valence-corrected chi connectivity index (χ4v) is 3.52. The van der Waals surface area contributed by atoms with E-state index < -0.39 is 23.5 Å². The lowest BCUT2D eigenvalue weighted by atomic mass is 9.90. The van der Waals surface area contributed by atoms with Crippen LogP contribution in [0.4, 0.5) is 17.6 Å². The van der Waals surface area contributed by atoms with E-state index in [4.69, 9.17) is 4.74 Å². The van der Waals surface area contributed by atoms with Crippen molar-refractivity contribution in [3.8, 4) is 11.5 Å². The van der Waals surface area contributed by atoms with Gasteiger partial charge in [-0.3, -0.25) is 9.59 Å². The van der Waals surface area contributed by atoms with Gasteiger partial charge < -0.3 is 14.5 Å². The van der Waals surface area contributed by atoms with Gasteiger partial charge in [0, 0.05) is 18.9 Å². The number of methoxy groups -OCH3 is 1. The van der Waals surface area contributed by atoms with E-state index in [2.05, 4.69) is 14.7 Å². The average molecular weight is 478 g/mol. The average Bonchev–Trinajstić information content (AvgIpc) is 2.76. The predicted octanol–water partition coefficient (Wildman–Crippen LogP) is 5.17. The van der Waals surface area contributed by atoms with Gasteiger partial charge in [0.1, 0.15) is 17.3 Å². The Morgan fingerprint density at radius 3 is 2.41 bits per heavy atom. The molecule has 0 radical (unpaired) electrons. The molecule has 0 aliphatic carbocycles. The van der Waals surface area contributed by atoms with E-state index in [1.807, 2.05) is 6.92 Å². The fourth-order valence-electron chi connectivity index (χ4n) is 3.52. The third kappa shape index (κ3) is 6.66. The minimum atomic E-state index is -4.79.